The van der Waals surface area contributed by atoms with Crippen molar-refractivity contribution in [2.75, 3.05) is 13.1 Å². The van der Waals surface area contributed by atoms with Gasteiger partial charge in [-0.1, -0.05) is 13.8 Å². The van der Waals surface area contributed by atoms with Crippen LogP contribution in [0.15, 0.2) is 22.4 Å². The largest absolute Gasteiger partial charge is 0.346 e. The van der Waals surface area contributed by atoms with Gasteiger partial charge in [0.25, 0.3) is 5.91 Å². The first-order chi connectivity index (χ1) is 13.7. The molecule has 1 fully saturated rings. The molecule has 1 aliphatic heterocycles. The molecular formula is C21H29N3O3S2. The van der Waals surface area contributed by atoms with Crippen molar-refractivity contribution in [1.82, 2.24) is 14.6 Å². The fraction of sp³-hybridized carbons (Fsp3) is 0.524. The van der Waals surface area contributed by atoms with E-state index in [0.29, 0.717) is 36.7 Å². The zero-order valence-electron chi connectivity index (χ0n) is 17.5. The Morgan fingerprint density at radius 2 is 1.97 bits per heavy atom. The van der Waals surface area contributed by atoms with Crippen LogP contribution in [0.25, 0.3) is 0 Å². The van der Waals surface area contributed by atoms with E-state index >= 15 is 0 Å². The van der Waals surface area contributed by atoms with Gasteiger partial charge in [0.2, 0.25) is 10.0 Å². The van der Waals surface area contributed by atoms with Crippen LogP contribution in [0.2, 0.25) is 0 Å². The predicted octanol–water partition coefficient (Wildman–Crippen LogP) is 3.67. The third-order valence-corrected chi connectivity index (χ3v) is 8.64. The number of rotatable bonds is 6. The highest BCUT2D eigenvalue weighted by atomic mass is 32.2. The number of thiazole rings is 1. The zero-order chi connectivity index (χ0) is 21.2. The highest BCUT2D eigenvalue weighted by Gasteiger charge is 2.30. The minimum atomic E-state index is -3.62. The fourth-order valence-electron chi connectivity index (χ4n) is 3.46. The number of benzene rings is 1. The van der Waals surface area contributed by atoms with Crippen LogP contribution in [0.4, 0.5) is 0 Å². The molecule has 158 valence electrons. The number of amides is 1. The smallest absolute Gasteiger partial charge is 0.251 e. The molecule has 0 unspecified atom stereocenters. The van der Waals surface area contributed by atoms with Gasteiger partial charge in [0, 0.05) is 24.0 Å². The lowest BCUT2D eigenvalue weighted by atomic mass is 10.0. The molecule has 1 N–H and O–H groups in total. The quantitative estimate of drug-likeness (QED) is 0.751. The van der Waals surface area contributed by atoms with Crippen molar-refractivity contribution in [2.24, 2.45) is 5.92 Å². The molecule has 1 amide bonds. The van der Waals surface area contributed by atoms with Gasteiger partial charge in [-0.25, -0.2) is 13.4 Å². The van der Waals surface area contributed by atoms with Gasteiger partial charge in [-0.15, -0.1) is 11.3 Å². The van der Waals surface area contributed by atoms with E-state index in [-0.39, 0.29) is 10.8 Å². The standard InChI is InChI=1S/C21H29N3O3S2/c1-5-20-23-18(13-28-20)12-22-21(25)17-10-15(3)16(4)19(11-17)29(26,27)24-8-6-14(2)7-9-24/h10-11,13-14H,5-9,12H2,1-4H3,(H,22,25). The first-order valence-corrected chi connectivity index (χ1v) is 12.4. The lowest BCUT2D eigenvalue weighted by Gasteiger charge is -2.30. The van der Waals surface area contributed by atoms with Crippen molar-refractivity contribution in [1.29, 1.82) is 0 Å². The van der Waals surface area contributed by atoms with E-state index in [1.807, 2.05) is 19.2 Å². The van der Waals surface area contributed by atoms with Gasteiger partial charge >= 0.3 is 0 Å². The number of aryl methyl sites for hydroxylation is 2. The Morgan fingerprint density at radius 1 is 1.28 bits per heavy atom. The normalized spacial score (nSPS) is 16.1. The number of hydrogen-bond donors (Lipinski definition) is 1. The number of piperidine rings is 1. The van der Waals surface area contributed by atoms with Crippen LogP contribution in [-0.2, 0) is 23.0 Å². The molecule has 1 aromatic carbocycles. The summed E-state index contributed by atoms with van der Waals surface area (Å²) >= 11 is 1.58. The van der Waals surface area contributed by atoms with Gasteiger partial charge in [-0.2, -0.15) is 4.31 Å². The second kappa shape index (κ2) is 8.93. The Labute approximate surface area is 177 Å². The first-order valence-electron chi connectivity index (χ1n) is 10.0. The van der Waals surface area contributed by atoms with Crippen LogP contribution < -0.4 is 5.32 Å². The Hall–Kier alpha value is -1.77. The Balaban J connectivity index is 1.82. The Bertz CT molecular complexity index is 991. The molecule has 0 saturated carbocycles. The molecule has 29 heavy (non-hydrogen) atoms. The van der Waals surface area contributed by atoms with Crippen molar-refractivity contribution in [3.05, 3.63) is 44.9 Å². The number of hydrogen-bond acceptors (Lipinski definition) is 5. The van der Waals surface area contributed by atoms with Crippen LogP contribution in [-0.4, -0.2) is 36.7 Å². The summed E-state index contributed by atoms with van der Waals surface area (Å²) in [5.41, 5.74) is 2.68. The maximum absolute atomic E-state index is 13.2. The second-order valence-corrected chi connectivity index (χ2v) is 10.6. The summed E-state index contributed by atoms with van der Waals surface area (Å²) in [6.07, 6.45) is 2.60. The number of nitrogens with one attached hydrogen (secondary N) is 1. The summed E-state index contributed by atoms with van der Waals surface area (Å²) in [5, 5.41) is 5.83. The third kappa shape index (κ3) is 4.87. The molecule has 8 heteroatoms. The van der Waals surface area contributed by atoms with Gasteiger partial charge in [0.15, 0.2) is 0 Å². The van der Waals surface area contributed by atoms with Crippen LogP contribution in [0, 0.1) is 19.8 Å². The average Bonchev–Trinajstić information content (AvgIpc) is 3.16. The molecule has 0 aliphatic carbocycles. The van der Waals surface area contributed by atoms with Gasteiger partial charge in [0.05, 0.1) is 22.1 Å². The van der Waals surface area contributed by atoms with Crippen molar-refractivity contribution >= 4 is 27.3 Å². The van der Waals surface area contributed by atoms with Crippen LogP contribution in [0.5, 0.6) is 0 Å². The van der Waals surface area contributed by atoms with Crippen LogP contribution in [0.3, 0.4) is 0 Å². The molecule has 2 heterocycles. The topological polar surface area (TPSA) is 79.4 Å². The number of nitrogens with zero attached hydrogens (tertiary/aromatic N) is 2. The van der Waals surface area contributed by atoms with Crippen molar-refractivity contribution in [3.8, 4) is 0 Å². The number of aromatic nitrogens is 1. The van der Waals surface area contributed by atoms with E-state index in [9.17, 15) is 13.2 Å². The first kappa shape index (κ1) is 21.9. The van der Waals surface area contributed by atoms with Crippen LogP contribution in [0.1, 0.15) is 58.9 Å². The summed E-state index contributed by atoms with van der Waals surface area (Å²) in [6, 6.07) is 3.27. The Kier molecular flexibility index (Phi) is 6.76. The second-order valence-electron chi connectivity index (χ2n) is 7.77. The minimum absolute atomic E-state index is 0.235. The zero-order valence-corrected chi connectivity index (χ0v) is 19.1. The number of sulfonamides is 1. The van der Waals surface area contributed by atoms with Crippen LogP contribution >= 0.6 is 11.3 Å². The summed E-state index contributed by atoms with van der Waals surface area (Å²) < 4.78 is 28.0. The van der Waals surface area contributed by atoms with Crippen molar-refractivity contribution in [3.63, 3.8) is 0 Å². The average molecular weight is 436 g/mol. The van der Waals surface area contributed by atoms with Crippen molar-refractivity contribution < 1.29 is 13.2 Å². The highest BCUT2D eigenvalue weighted by molar-refractivity contribution is 7.89. The molecule has 0 spiro atoms. The van der Waals surface area contributed by atoms with Crippen molar-refractivity contribution in [2.45, 2.75) is 58.4 Å². The minimum Gasteiger partial charge on any atom is -0.346 e. The van der Waals surface area contributed by atoms with E-state index in [1.165, 1.54) is 6.07 Å². The van der Waals surface area contributed by atoms with Gasteiger partial charge in [0.1, 0.15) is 0 Å². The number of carbonyl (C=O) groups excluding carboxylic acids is 1. The van der Waals surface area contributed by atoms with Gasteiger partial charge in [-0.3, -0.25) is 4.79 Å². The molecule has 1 saturated heterocycles. The molecular weight excluding hydrogens is 406 g/mol. The number of carbonyl (C=O) groups is 1. The van der Waals surface area contributed by atoms with E-state index < -0.39 is 10.0 Å². The molecule has 0 bridgehead atoms. The van der Waals surface area contributed by atoms with E-state index in [0.717, 1.165) is 35.5 Å². The summed E-state index contributed by atoms with van der Waals surface area (Å²) in [7, 11) is -3.62. The monoisotopic (exact) mass is 435 g/mol. The molecule has 0 radical (unpaired) electrons. The molecule has 1 aliphatic rings. The maximum atomic E-state index is 13.2. The molecule has 2 aromatic rings. The summed E-state index contributed by atoms with van der Waals surface area (Å²) in [4.78, 5) is 17.4. The lowest BCUT2D eigenvalue weighted by Crippen LogP contribution is -2.38. The summed E-state index contributed by atoms with van der Waals surface area (Å²) in [5.74, 6) is 0.253. The van der Waals surface area contributed by atoms with E-state index in [1.54, 1.807) is 28.6 Å². The molecule has 3 rings (SSSR count). The maximum Gasteiger partial charge on any atom is 0.251 e. The van der Waals surface area contributed by atoms with E-state index in [2.05, 4.69) is 17.2 Å². The van der Waals surface area contributed by atoms with Gasteiger partial charge in [-0.05, 0) is 62.3 Å². The SMILES string of the molecule is CCc1nc(CNC(=O)c2cc(C)c(C)c(S(=O)(=O)N3CCC(C)CC3)c2)cs1. The molecule has 0 atom stereocenters. The highest BCUT2D eigenvalue weighted by Crippen LogP contribution is 2.28. The Morgan fingerprint density at radius 3 is 2.59 bits per heavy atom. The fourth-order valence-corrected chi connectivity index (χ4v) is 5.99. The predicted molar refractivity (Wildman–Crippen MR) is 116 cm³/mol. The molecule has 1 aromatic heterocycles. The molecule has 6 nitrogen and oxygen atoms in total. The lowest BCUT2D eigenvalue weighted by molar-refractivity contribution is 0.0950. The summed E-state index contributed by atoms with van der Waals surface area (Å²) in [6.45, 7) is 9.23. The van der Waals surface area contributed by atoms with E-state index in [4.69, 9.17) is 0 Å². The third-order valence-electron chi connectivity index (χ3n) is 5.57. The van der Waals surface area contributed by atoms with Gasteiger partial charge < -0.3 is 5.32 Å².